The van der Waals surface area contributed by atoms with E-state index in [9.17, 15) is 20.3 Å². The highest BCUT2D eigenvalue weighted by molar-refractivity contribution is 5.66. The molecule has 4 N–H and O–H groups in total. The lowest BCUT2D eigenvalue weighted by Gasteiger charge is -2.24. The van der Waals surface area contributed by atoms with Crippen LogP contribution in [0.15, 0.2) is 42.7 Å². The molecule has 1 saturated heterocycles. The predicted octanol–water partition coefficient (Wildman–Crippen LogP) is 0.375. The first-order valence-corrected chi connectivity index (χ1v) is 9.42. The number of nitrogen functional groups attached to an aromatic ring is 1. The summed E-state index contributed by atoms with van der Waals surface area (Å²) in [4.78, 5) is 15.9. The first kappa shape index (κ1) is 21.3. The van der Waals surface area contributed by atoms with E-state index in [1.54, 1.807) is 18.2 Å². The third kappa shape index (κ3) is 3.54. The van der Waals surface area contributed by atoms with Crippen LogP contribution in [0.25, 0.3) is 5.52 Å². The number of methoxy groups -OCH3 is 1. The molecule has 32 heavy (non-hydrogen) atoms. The Morgan fingerprint density at radius 1 is 1.28 bits per heavy atom. The Bertz CT molecular complexity index is 1180. The van der Waals surface area contributed by atoms with Gasteiger partial charge >= 0.3 is 6.16 Å². The molecule has 0 unspecified atom stereocenters. The molecule has 2 aromatic heterocycles. The van der Waals surface area contributed by atoms with E-state index < -0.39 is 36.7 Å². The molecule has 1 aliphatic heterocycles. The molecule has 0 radical (unpaired) electrons. The molecule has 1 aromatic carbocycles. The highest BCUT2D eigenvalue weighted by atomic mass is 16.7. The van der Waals surface area contributed by atoms with Crippen LogP contribution in [0.5, 0.6) is 11.5 Å². The molecule has 4 rings (SSSR count). The van der Waals surface area contributed by atoms with Gasteiger partial charge in [-0.15, -0.1) is 0 Å². The highest BCUT2D eigenvalue weighted by Gasteiger charge is 2.57. The fraction of sp³-hybridized carbons (Fsp3) is 0.300. The molecule has 0 aliphatic carbocycles. The van der Waals surface area contributed by atoms with Crippen LogP contribution in [0.4, 0.5) is 10.6 Å². The molecule has 1 aliphatic rings. The average molecular weight is 441 g/mol. The zero-order valence-electron chi connectivity index (χ0n) is 16.8. The van der Waals surface area contributed by atoms with Gasteiger partial charge in [-0.25, -0.2) is 14.3 Å². The second-order valence-electron chi connectivity index (χ2n) is 6.94. The molecule has 0 spiro atoms. The number of fused-ring (bicyclic) bond motifs is 1. The van der Waals surface area contributed by atoms with Crippen molar-refractivity contribution in [2.75, 3.05) is 19.5 Å². The fourth-order valence-electron chi connectivity index (χ4n) is 3.47. The number of aromatic nitrogens is 3. The zero-order chi connectivity index (χ0) is 22.9. The zero-order valence-corrected chi connectivity index (χ0v) is 16.8. The first-order valence-electron chi connectivity index (χ1n) is 9.42. The van der Waals surface area contributed by atoms with E-state index in [4.69, 9.17) is 24.7 Å². The van der Waals surface area contributed by atoms with Gasteiger partial charge in [0, 0.05) is 0 Å². The molecule has 12 nitrogen and oxygen atoms in total. The Balaban J connectivity index is 1.48. The number of anilines is 1. The van der Waals surface area contributed by atoms with Crippen molar-refractivity contribution in [3.63, 3.8) is 0 Å². The smallest absolute Gasteiger partial charge is 0.497 e. The standard InChI is InChI=1S/C20H19N5O7/c1-29-11-2-4-12(5-3-11)31-19(28)30-8-14-16(26)17(27)20(9-21,32-14)15-7-6-13-18(22)23-10-24-25(13)15/h2-7,10,14,16-17,26-27H,8H2,1H3,(H2,22,23,24)/t14-,16-,17-,20+/m1/s1. The van der Waals surface area contributed by atoms with Crippen molar-refractivity contribution in [2.24, 2.45) is 0 Å². The van der Waals surface area contributed by atoms with Crippen molar-refractivity contribution in [3.05, 3.63) is 48.4 Å². The maximum Gasteiger partial charge on any atom is 0.513 e. The minimum atomic E-state index is -1.99. The van der Waals surface area contributed by atoms with E-state index in [1.165, 1.54) is 36.2 Å². The molecule has 166 valence electrons. The van der Waals surface area contributed by atoms with Gasteiger partial charge in [-0.1, -0.05) is 0 Å². The summed E-state index contributed by atoms with van der Waals surface area (Å²) in [5.74, 6) is 0.959. The molecule has 3 aromatic rings. The topological polar surface area (TPSA) is 174 Å². The number of aliphatic hydroxyl groups excluding tert-OH is 2. The molecule has 12 heteroatoms. The molecule has 1 fully saturated rings. The maximum atomic E-state index is 12.0. The Hall–Kier alpha value is -3.92. The van der Waals surface area contributed by atoms with Crippen LogP contribution >= 0.6 is 0 Å². The molecular weight excluding hydrogens is 422 g/mol. The fourth-order valence-corrected chi connectivity index (χ4v) is 3.47. The molecule has 0 bridgehead atoms. The number of nitrogens with zero attached hydrogens (tertiary/aromatic N) is 4. The Morgan fingerprint density at radius 3 is 2.69 bits per heavy atom. The summed E-state index contributed by atoms with van der Waals surface area (Å²) in [6.45, 7) is -0.475. The summed E-state index contributed by atoms with van der Waals surface area (Å²) in [5.41, 5.74) is 4.36. The van der Waals surface area contributed by atoms with E-state index in [1.807, 2.05) is 6.07 Å². The number of carbonyl (C=O) groups is 1. The first-order chi connectivity index (χ1) is 15.4. The number of hydrogen-bond acceptors (Lipinski definition) is 11. The lowest BCUT2D eigenvalue weighted by atomic mass is 9.92. The van der Waals surface area contributed by atoms with Crippen LogP contribution in [-0.2, 0) is 15.1 Å². The van der Waals surface area contributed by atoms with Gasteiger partial charge in [0.2, 0.25) is 5.60 Å². The van der Waals surface area contributed by atoms with Crippen molar-refractivity contribution in [1.29, 1.82) is 5.26 Å². The highest BCUT2D eigenvalue weighted by Crippen LogP contribution is 2.40. The monoisotopic (exact) mass is 441 g/mol. The van der Waals surface area contributed by atoms with Crippen LogP contribution < -0.4 is 15.2 Å². The predicted molar refractivity (Wildman–Crippen MR) is 107 cm³/mol. The van der Waals surface area contributed by atoms with E-state index in [0.717, 1.165) is 0 Å². The van der Waals surface area contributed by atoms with Gasteiger partial charge in [-0.05, 0) is 36.4 Å². The summed E-state index contributed by atoms with van der Waals surface area (Å²) in [7, 11) is 1.51. The summed E-state index contributed by atoms with van der Waals surface area (Å²) in [6.07, 6.45) is -4.27. The molecular formula is C20H19N5O7. The number of benzene rings is 1. The Morgan fingerprint density at radius 2 is 2.00 bits per heavy atom. The number of rotatable bonds is 5. The summed E-state index contributed by atoms with van der Waals surface area (Å²) >= 11 is 0. The molecule has 4 atom stereocenters. The van der Waals surface area contributed by atoms with Crippen molar-refractivity contribution >= 4 is 17.5 Å². The van der Waals surface area contributed by atoms with E-state index >= 15 is 0 Å². The number of nitrogens with two attached hydrogens (primary N) is 1. The van der Waals surface area contributed by atoms with Gasteiger partial charge in [0.1, 0.15) is 54.3 Å². The van der Waals surface area contributed by atoms with Gasteiger partial charge in [-0.3, -0.25) is 0 Å². The third-order valence-corrected chi connectivity index (χ3v) is 5.11. The number of aliphatic hydroxyl groups is 2. The SMILES string of the molecule is COc1ccc(OC(=O)OC[C@H]2O[C@@](C#N)(c3ccc4c(N)ncnn34)[C@H](O)[C@@H]2O)cc1. The lowest BCUT2D eigenvalue weighted by Crippen LogP contribution is -2.41. The molecule has 0 saturated carbocycles. The normalized spacial score (nSPS) is 24.8. The summed E-state index contributed by atoms with van der Waals surface area (Å²) < 4.78 is 22.1. The van der Waals surface area contributed by atoms with E-state index in [-0.39, 0.29) is 17.3 Å². The van der Waals surface area contributed by atoms with Crippen molar-refractivity contribution in [3.8, 4) is 17.6 Å². The molecule has 0 amide bonds. The Kier molecular flexibility index (Phi) is 5.54. The van der Waals surface area contributed by atoms with Crippen LogP contribution in [0.3, 0.4) is 0 Å². The second-order valence-corrected chi connectivity index (χ2v) is 6.94. The number of nitriles is 1. The summed E-state index contributed by atoms with van der Waals surface area (Å²) in [6, 6.07) is 11.2. The minimum absolute atomic E-state index is 0.138. The summed E-state index contributed by atoms with van der Waals surface area (Å²) in [5, 5.41) is 35.0. The quantitative estimate of drug-likeness (QED) is 0.368. The van der Waals surface area contributed by atoms with E-state index in [2.05, 4.69) is 10.1 Å². The number of carbonyl (C=O) groups excluding carboxylic acids is 1. The maximum absolute atomic E-state index is 12.0. The second kappa shape index (κ2) is 8.31. The third-order valence-electron chi connectivity index (χ3n) is 5.11. The lowest BCUT2D eigenvalue weighted by molar-refractivity contribution is -0.0688. The van der Waals surface area contributed by atoms with Gasteiger partial charge in [0.05, 0.1) is 12.8 Å². The average Bonchev–Trinajstić information content (AvgIpc) is 3.34. The van der Waals surface area contributed by atoms with Crippen molar-refractivity contribution in [2.45, 2.75) is 23.9 Å². The van der Waals surface area contributed by atoms with E-state index in [0.29, 0.717) is 11.3 Å². The van der Waals surface area contributed by atoms with Crippen LogP contribution in [0.1, 0.15) is 5.69 Å². The largest absolute Gasteiger partial charge is 0.513 e. The van der Waals surface area contributed by atoms with Gasteiger partial charge in [0.15, 0.2) is 5.82 Å². The van der Waals surface area contributed by atoms with Crippen molar-refractivity contribution < 1.29 is 34.0 Å². The number of ether oxygens (including phenoxy) is 4. The number of hydrogen-bond donors (Lipinski definition) is 3. The van der Waals surface area contributed by atoms with Crippen molar-refractivity contribution in [1.82, 2.24) is 14.6 Å². The Labute approximate surface area is 181 Å². The van der Waals surface area contributed by atoms with Crippen LogP contribution in [-0.4, -0.2) is 63.0 Å². The van der Waals surface area contributed by atoms with Gasteiger partial charge in [-0.2, -0.15) is 10.4 Å². The van der Waals surface area contributed by atoms with Crippen LogP contribution in [0.2, 0.25) is 0 Å². The van der Waals surface area contributed by atoms with Crippen LogP contribution in [0, 0.1) is 11.3 Å². The minimum Gasteiger partial charge on any atom is -0.497 e. The molecule has 3 heterocycles. The van der Waals surface area contributed by atoms with Gasteiger partial charge < -0.3 is 34.9 Å². The van der Waals surface area contributed by atoms with Gasteiger partial charge in [0.25, 0.3) is 0 Å².